The molecule has 2 amide bonds. The van der Waals surface area contributed by atoms with Crippen LogP contribution in [0.3, 0.4) is 0 Å². The number of sulfonamides is 1. The first-order chi connectivity index (χ1) is 28.7. The van der Waals surface area contributed by atoms with E-state index in [4.69, 9.17) is 4.74 Å². The zero-order chi connectivity index (χ0) is 40.8. The van der Waals surface area contributed by atoms with E-state index >= 15 is 4.39 Å². The number of pyridine rings is 2. The molecule has 5 heterocycles. The fraction of sp³-hybridized carbons (Fsp3) is 0.262. The van der Waals surface area contributed by atoms with Gasteiger partial charge in [0.1, 0.15) is 17.3 Å². The summed E-state index contributed by atoms with van der Waals surface area (Å²) in [6.07, 6.45) is 4.71. The van der Waals surface area contributed by atoms with E-state index in [1.54, 1.807) is 48.4 Å². The molecule has 59 heavy (non-hydrogen) atoms. The molecule has 0 bridgehead atoms. The standard InChI is InChI=1S/C42H41FN8O5S3/c43-34-24-31(12-13-35(34)45-29(16-18-50-20-22-56-23-21-50)27-57-30-7-2-1-3-8-30)59(54,55)49-41(53)37-10-5-11-39(46-37)51-19-15-28-6-4-9-32(33(28)26-51)40(52)48-42-47-36-14-17-44-25-38(36)58-42/h1-14,17,24-25,29,45H,15-16,18-23,26-27H2,(H,49,53)(H,47,48,52)/t29-/m1/s1. The molecule has 0 saturated carbocycles. The van der Waals surface area contributed by atoms with E-state index in [2.05, 4.69) is 35.2 Å². The number of ether oxygens (including phenoxy) is 1. The Balaban J connectivity index is 0.922. The number of fused-ring (bicyclic) bond motifs is 2. The van der Waals surface area contributed by atoms with Crippen molar-refractivity contribution in [2.45, 2.75) is 35.2 Å². The Kier molecular flexibility index (Phi) is 12.4. The number of morpholine rings is 1. The van der Waals surface area contributed by atoms with Crippen LogP contribution in [0.15, 0.2) is 113 Å². The van der Waals surface area contributed by atoms with Crippen molar-refractivity contribution in [3.8, 4) is 0 Å². The smallest absolute Gasteiger partial charge is 0.283 e. The number of nitrogens with one attached hydrogen (secondary N) is 3. The van der Waals surface area contributed by atoms with Crippen LogP contribution in [0.4, 0.5) is 21.0 Å². The highest BCUT2D eigenvalue weighted by molar-refractivity contribution is 7.99. The van der Waals surface area contributed by atoms with E-state index in [0.29, 0.717) is 55.0 Å². The van der Waals surface area contributed by atoms with Crippen molar-refractivity contribution < 1.29 is 27.1 Å². The van der Waals surface area contributed by atoms with Crippen molar-refractivity contribution in [2.75, 3.05) is 60.7 Å². The molecule has 1 fully saturated rings. The Morgan fingerprint density at radius 3 is 2.58 bits per heavy atom. The van der Waals surface area contributed by atoms with E-state index in [1.807, 2.05) is 47.4 Å². The number of rotatable bonds is 14. The molecule has 1 atom stereocenters. The van der Waals surface area contributed by atoms with Crippen molar-refractivity contribution in [3.05, 3.63) is 132 Å². The van der Waals surface area contributed by atoms with Gasteiger partial charge in [0.05, 0.1) is 34.0 Å². The van der Waals surface area contributed by atoms with Crippen LogP contribution in [0.2, 0.25) is 0 Å². The summed E-state index contributed by atoms with van der Waals surface area (Å²) in [5.41, 5.74) is 3.11. The van der Waals surface area contributed by atoms with Crippen LogP contribution in [-0.2, 0) is 27.7 Å². The lowest BCUT2D eigenvalue weighted by Gasteiger charge is -2.31. The maximum absolute atomic E-state index is 15.6. The average molecular weight is 853 g/mol. The van der Waals surface area contributed by atoms with Crippen LogP contribution in [-0.4, -0.2) is 91.3 Å². The summed E-state index contributed by atoms with van der Waals surface area (Å²) in [6, 6.07) is 25.6. The summed E-state index contributed by atoms with van der Waals surface area (Å²) in [7, 11) is -4.47. The molecular formula is C42H41FN8O5S3. The number of thioether (sulfide) groups is 1. The van der Waals surface area contributed by atoms with Gasteiger partial charge in [-0.25, -0.2) is 27.5 Å². The summed E-state index contributed by atoms with van der Waals surface area (Å²) >= 11 is 3.00. The summed E-state index contributed by atoms with van der Waals surface area (Å²) in [5.74, 6) is -0.909. The third kappa shape index (κ3) is 9.88. The molecule has 3 aromatic heterocycles. The van der Waals surface area contributed by atoms with Gasteiger partial charge in [-0.1, -0.05) is 47.7 Å². The Morgan fingerprint density at radius 1 is 0.932 bits per heavy atom. The molecule has 8 rings (SSSR count). The number of nitrogens with zero attached hydrogens (tertiary/aromatic N) is 5. The van der Waals surface area contributed by atoms with Crippen LogP contribution < -0.4 is 20.3 Å². The van der Waals surface area contributed by atoms with Gasteiger partial charge in [-0.05, 0) is 78.6 Å². The van der Waals surface area contributed by atoms with Crippen molar-refractivity contribution >= 4 is 71.8 Å². The molecule has 0 aliphatic carbocycles. The van der Waals surface area contributed by atoms with Crippen molar-refractivity contribution in [1.29, 1.82) is 0 Å². The predicted molar refractivity (Wildman–Crippen MR) is 228 cm³/mol. The summed E-state index contributed by atoms with van der Waals surface area (Å²) in [6.45, 7) is 4.73. The number of carbonyl (C=O) groups excluding carboxylic acids is 2. The normalized spacial score (nSPS) is 15.0. The Hall–Kier alpha value is -5.46. The van der Waals surface area contributed by atoms with Gasteiger partial charge in [-0.3, -0.25) is 24.8 Å². The van der Waals surface area contributed by atoms with E-state index in [1.165, 1.54) is 29.5 Å². The molecule has 0 radical (unpaired) electrons. The first-order valence-corrected chi connectivity index (χ1v) is 22.4. The largest absolute Gasteiger partial charge is 0.379 e. The van der Waals surface area contributed by atoms with Crippen molar-refractivity contribution in [2.24, 2.45) is 0 Å². The zero-order valence-electron chi connectivity index (χ0n) is 31.8. The maximum atomic E-state index is 15.6. The SMILES string of the molecule is O=C(NS(=O)(=O)c1ccc(N[C@H](CCN2CCOCC2)CSc2ccccc2)c(F)c1)c1cccc(N2CCc3cccc(C(=O)Nc4nc5ccncc5s4)c3C2)n1. The highest BCUT2D eigenvalue weighted by atomic mass is 32.2. The van der Waals surface area contributed by atoms with E-state index in [-0.39, 0.29) is 23.3 Å². The molecule has 6 aromatic rings. The lowest BCUT2D eigenvalue weighted by atomic mass is 9.94. The minimum Gasteiger partial charge on any atom is -0.379 e. The van der Waals surface area contributed by atoms with Crippen LogP contribution in [0.5, 0.6) is 0 Å². The molecule has 0 unspecified atom stereocenters. The number of carbonyl (C=O) groups is 2. The second-order valence-electron chi connectivity index (χ2n) is 14.1. The summed E-state index contributed by atoms with van der Waals surface area (Å²) < 4.78 is 50.9. The number of halogens is 1. The second kappa shape index (κ2) is 18.2. The van der Waals surface area contributed by atoms with Gasteiger partial charge in [0.15, 0.2) is 5.13 Å². The van der Waals surface area contributed by atoms with E-state index in [0.717, 1.165) is 58.4 Å². The van der Waals surface area contributed by atoms with Gasteiger partial charge in [0.2, 0.25) is 0 Å². The first-order valence-electron chi connectivity index (χ1n) is 19.1. The fourth-order valence-electron chi connectivity index (χ4n) is 7.02. The van der Waals surface area contributed by atoms with Gasteiger partial charge < -0.3 is 15.0 Å². The van der Waals surface area contributed by atoms with Crippen LogP contribution in [0.25, 0.3) is 10.2 Å². The molecule has 2 aliphatic rings. The number of hydrogen-bond acceptors (Lipinski definition) is 13. The molecule has 3 aromatic carbocycles. The number of anilines is 3. The lowest BCUT2D eigenvalue weighted by Crippen LogP contribution is -2.39. The van der Waals surface area contributed by atoms with Crippen molar-refractivity contribution in [1.82, 2.24) is 24.6 Å². The second-order valence-corrected chi connectivity index (χ2v) is 17.9. The average Bonchev–Trinajstić information content (AvgIpc) is 3.67. The molecule has 2 aliphatic heterocycles. The highest BCUT2D eigenvalue weighted by Crippen LogP contribution is 2.30. The minimum atomic E-state index is -4.47. The topological polar surface area (TPSA) is 159 Å². The predicted octanol–water partition coefficient (Wildman–Crippen LogP) is 6.45. The quantitative estimate of drug-likeness (QED) is 0.103. The minimum absolute atomic E-state index is 0.113. The van der Waals surface area contributed by atoms with Gasteiger partial charge in [-0.15, -0.1) is 11.8 Å². The van der Waals surface area contributed by atoms with Crippen molar-refractivity contribution in [3.63, 3.8) is 0 Å². The van der Waals surface area contributed by atoms with Gasteiger partial charge in [-0.2, -0.15) is 0 Å². The monoisotopic (exact) mass is 852 g/mol. The van der Waals surface area contributed by atoms with Gasteiger partial charge >= 0.3 is 0 Å². The number of hydrogen-bond donors (Lipinski definition) is 3. The first kappa shape index (κ1) is 40.3. The van der Waals surface area contributed by atoms with Gasteiger partial charge in [0.25, 0.3) is 21.8 Å². The van der Waals surface area contributed by atoms with Crippen LogP contribution >= 0.6 is 23.1 Å². The third-order valence-electron chi connectivity index (χ3n) is 10.1. The van der Waals surface area contributed by atoms with Crippen LogP contribution in [0, 0.1) is 5.82 Å². The Bertz CT molecular complexity index is 2540. The third-order valence-corrected chi connectivity index (χ3v) is 13.6. The van der Waals surface area contributed by atoms with E-state index < -0.39 is 26.6 Å². The molecule has 1 saturated heterocycles. The molecule has 17 heteroatoms. The van der Waals surface area contributed by atoms with Crippen LogP contribution in [0.1, 0.15) is 38.4 Å². The molecule has 3 N–H and O–H groups in total. The molecule has 0 spiro atoms. The summed E-state index contributed by atoms with van der Waals surface area (Å²) in [4.78, 5) is 45.0. The highest BCUT2D eigenvalue weighted by Gasteiger charge is 2.26. The number of thiazole rings is 1. The number of aromatic nitrogens is 3. The molecular weight excluding hydrogens is 812 g/mol. The number of amides is 2. The number of benzene rings is 3. The Morgan fingerprint density at radius 2 is 1.76 bits per heavy atom. The van der Waals surface area contributed by atoms with E-state index in [9.17, 15) is 18.0 Å². The maximum Gasteiger partial charge on any atom is 0.283 e. The summed E-state index contributed by atoms with van der Waals surface area (Å²) in [5, 5.41) is 6.68. The lowest BCUT2D eigenvalue weighted by molar-refractivity contribution is 0.0370. The zero-order valence-corrected chi connectivity index (χ0v) is 34.3. The fourth-order valence-corrected chi connectivity index (χ4v) is 9.81. The molecule has 304 valence electrons. The van der Waals surface area contributed by atoms with Gasteiger partial charge in [0, 0.05) is 67.4 Å². The molecule has 13 nitrogen and oxygen atoms in total. The Labute approximate surface area is 349 Å².